The molecule has 0 atom stereocenters. The van der Waals surface area contributed by atoms with Crippen molar-refractivity contribution in [2.24, 2.45) is 0 Å². The molecule has 0 spiro atoms. The van der Waals surface area contributed by atoms with E-state index in [0.29, 0.717) is 0 Å². The molecule has 0 N–H and O–H groups in total. The van der Waals surface area contributed by atoms with E-state index >= 15 is 0 Å². The Kier molecular flexibility index (Phi) is 4.54. The van der Waals surface area contributed by atoms with Crippen molar-refractivity contribution in [2.45, 2.75) is 19.1 Å². The number of esters is 1. The van der Waals surface area contributed by atoms with Crippen LogP contribution in [0.5, 0.6) is 0 Å². The molecule has 0 aliphatic heterocycles. The Labute approximate surface area is 72.1 Å². The van der Waals surface area contributed by atoms with Gasteiger partial charge in [-0.1, -0.05) is 6.58 Å². The van der Waals surface area contributed by atoms with E-state index in [2.05, 4.69) is 11.3 Å². The van der Waals surface area contributed by atoms with Gasteiger partial charge < -0.3 is 14.2 Å². The summed E-state index contributed by atoms with van der Waals surface area (Å²) in [5.41, 5.74) is 0. The topological polar surface area (TPSA) is 44.8 Å². The molecule has 70 valence electrons. The van der Waals surface area contributed by atoms with Gasteiger partial charge in [0.2, 0.25) is 0 Å². The summed E-state index contributed by atoms with van der Waals surface area (Å²) in [4.78, 5) is 10.9. The molecule has 0 aromatic rings. The van der Waals surface area contributed by atoms with Crippen molar-refractivity contribution in [2.75, 3.05) is 14.2 Å². The smallest absolute Gasteiger partial charge is 0.316 e. The molecule has 0 bridgehead atoms. The molecule has 0 fully saturated rings. The maximum atomic E-state index is 10.9. The van der Waals surface area contributed by atoms with Gasteiger partial charge in [0.15, 0.2) is 5.79 Å². The van der Waals surface area contributed by atoms with Gasteiger partial charge in [-0.3, -0.25) is 4.79 Å². The molecule has 0 saturated heterocycles. The van der Waals surface area contributed by atoms with Gasteiger partial charge in [-0.2, -0.15) is 0 Å². The quantitative estimate of drug-likeness (QED) is 0.355. The Morgan fingerprint density at radius 2 is 2.00 bits per heavy atom. The Morgan fingerprint density at radius 1 is 1.50 bits per heavy atom. The van der Waals surface area contributed by atoms with Crippen LogP contribution in [0.1, 0.15) is 13.3 Å². The summed E-state index contributed by atoms with van der Waals surface area (Å²) in [6.07, 6.45) is 1.11. The molecule has 0 aromatic heterocycles. The highest BCUT2D eigenvalue weighted by Crippen LogP contribution is 2.15. The summed E-state index contributed by atoms with van der Waals surface area (Å²) >= 11 is 0. The number of carbonyl (C=O) groups excluding carboxylic acids is 1. The molecule has 0 heterocycles. The average molecular weight is 174 g/mol. The second kappa shape index (κ2) is 4.90. The van der Waals surface area contributed by atoms with Gasteiger partial charge in [0, 0.05) is 14.2 Å². The van der Waals surface area contributed by atoms with Crippen molar-refractivity contribution < 1.29 is 19.0 Å². The standard InChI is InChI=1S/C8H14O4/c1-5-12-7(9)6-8(2,10-3)11-4/h5H,1,6H2,2-4H3. The van der Waals surface area contributed by atoms with Crippen LogP contribution in [0.2, 0.25) is 0 Å². The third-order valence-corrected chi connectivity index (χ3v) is 1.54. The predicted octanol–water partition coefficient (Wildman–Crippen LogP) is 1.07. The first kappa shape index (κ1) is 11.1. The van der Waals surface area contributed by atoms with Crippen molar-refractivity contribution in [1.82, 2.24) is 0 Å². The number of ether oxygens (including phenoxy) is 3. The Bertz CT molecular complexity index is 160. The zero-order chi connectivity index (χ0) is 9.61. The summed E-state index contributed by atoms with van der Waals surface area (Å²) in [5.74, 6) is -1.35. The van der Waals surface area contributed by atoms with Gasteiger partial charge in [-0.25, -0.2) is 0 Å². The molecule has 0 unspecified atom stereocenters. The van der Waals surface area contributed by atoms with Crippen molar-refractivity contribution in [3.63, 3.8) is 0 Å². The van der Waals surface area contributed by atoms with E-state index in [0.717, 1.165) is 6.26 Å². The minimum Gasteiger partial charge on any atom is -0.435 e. The summed E-state index contributed by atoms with van der Waals surface area (Å²) < 4.78 is 14.4. The van der Waals surface area contributed by atoms with Crippen LogP contribution < -0.4 is 0 Å². The molecule has 0 aliphatic carbocycles. The Hall–Kier alpha value is -0.870. The van der Waals surface area contributed by atoms with E-state index in [-0.39, 0.29) is 6.42 Å². The van der Waals surface area contributed by atoms with E-state index in [9.17, 15) is 4.79 Å². The van der Waals surface area contributed by atoms with Gasteiger partial charge in [0.25, 0.3) is 0 Å². The van der Waals surface area contributed by atoms with Crippen molar-refractivity contribution in [3.8, 4) is 0 Å². The maximum absolute atomic E-state index is 10.9. The first-order valence-electron chi connectivity index (χ1n) is 3.48. The molecule has 0 saturated carbocycles. The van der Waals surface area contributed by atoms with Crippen molar-refractivity contribution >= 4 is 5.97 Å². The van der Waals surface area contributed by atoms with Crippen LogP contribution in [-0.2, 0) is 19.0 Å². The maximum Gasteiger partial charge on any atom is 0.316 e. The van der Waals surface area contributed by atoms with Gasteiger partial charge in [0.1, 0.15) is 0 Å². The van der Waals surface area contributed by atoms with E-state index in [4.69, 9.17) is 9.47 Å². The predicted molar refractivity (Wildman–Crippen MR) is 43.3 cm³/mol. The van der Waals surface area contributed by atoms with Crippen LogP contribution in [0.3, 0.4) is 0 Å². The van der Waals surface area contributed by atoms with E-state index in [1.54, 1.807) is 6.92 Å². The molecule has 4 nitrogen and oxygen atoms in total. The number of carbonyl (C=O) groups is 1. The summed E-state index contributed by atoms with van der Waals surface area (Å²) in [6, 6.07) is 0. The fourth-order valence-corrected chi connectivity index (χ4v) is 0.624. The lowest BCUT2D eigenvalue weighted by molar-refractivity contribution is -0.203. The Morgan fingerprint density at radius 3 is 2.33 bits per heavy atom. The van der Waals surface area contributed by atoms with Crippen molar-refractivity contribution in [1.29, 1.82) is 0 Å². The lowest BCUT2D eigenvalue weighted by atomic mass is 10.2. The first-order valence-corrected chi connectivity index (χ1v) is 3.48. The summed E-state index contributed by atoms with van der Waals surface area (Å²) in [7, 11) is 2.93. The van der Waals surface area contributed by atoms with E-state index in [1.807, 2.05) is 0 Å². The largest absolute Gasteiger partial charge is 0.435 e. The highest BCUT2D eigenvalue weighted by atomic mass is 16.7. The number of hydrogen-bond donors (Lipinski definition) is 0. The van der Waals surface area contributed by atoms with Crippen LogP contribution in [0, 0.1) is 0 Å². The third kappa shape index (κ3) is 3.50. The van der Waals surface area contributed by atoms with Crippen molar-refractivity contribution in [3.05, 3.63) is 12.8 Å². The molecule has 0 amide bonds. The third-order valence-electron chi connectivity index (χ3n) is 1.54. The fraction of sp³-hybridized carbons (Fsp3) is 0.625. The average Bonchev–Trinajstić information content (AvgIpc) is 2.05. The van der Waals surface area contributed by atoms with Gasteiger partial charge >= 0.3 is 5.97 Å². The van der Waals surface area contributed by atoms with Crippen LogP contribution in [-0.4, -0.2) is 26.0 Å². The molecule has 0 aromatic carbocycles. The molecule has 12 heavy (non-hydrogen) atoms. The second-order valence-corrected chi connectivity index (χ2v) is 2.38. The number of hydrogen-bond acceptors (Lipinski definition) is 4. The first-order chi connectivity index (χ1) is 5.58. The summed E-state index contributed by atoms with van der Waals surface area (Å²) in [6.45, 7) is 4.91. The van der Waals surface area contributed by atoms with E-state index < -0.39 is 11.8 Å². The van der Waals surface area contributed by atoms with Gasteiger partial charge in [0.05, 0.1) is 12.7 Å². The molecular formula is C8H14O4. The minimum atomic E-state index is -0.917. The molecule has 0 aliphatic rings. The highest BCUT2D eigenvalue weighted by molar-refractivity contribution is 5.70. The van der Waals surface area contributed by atoms with Gasteiger partial charge in [-0.15, -0.1) is 0 Å². The van der Waals surface area contributed by atoms with Crippen LogP contribution >= 0.6 is 0 Å². The molecule has 0 radical (unpaired) electrons. The molecule has 4 heteroatoms. The monoisotopic (exact) mass is 174 g/mol. The number of methoxy groups -OCH3 is 2. The number of rotatable bonds is 5. The zero-order valence-electron chi connectivity index (χ0n) is 7.62. The molecule has 0 rings (SSSR count). The lowest BCUT2D eigenvalue weighted by Gasteiger charge is -2.24. The van der Waals surface area contributed by atoms with Crippen LogP contribution in [0.15, 0.2) is 12.8 Å². The minimum absolute atomic E-state index is 0.0337. The normalized spacial score (nSPS) is 10.9. The van der Waals surface area contributed by atoms with Gasteiger partial charge in [-0.05, 0) is 6.92 Å². The summed E-state index contributed by atoms with van der Waals surface area (Å²) in [5, 5.41) is 0. The zero-order valence-corrected chi connectivity index (χ0v) is 7.62. The fourth-order valence-electron chi connectivity index (χ4n) is 0.624. The van der Waals surface area contributed by atoms with E-state index in [1.165, 1.54) is 14.2 Å². The van der Waals surface area contributed by atoms with Crippen LogP contribution in [0.25, 0.3) is 0 Å². The second-order valence-electron chi connectivity index (χ2n) is 2.38. The molecular weight excluding hydrogens is 160 g/mol. The SMILES string of the molecule is C=COC(=O)CC(C)(OC)OC. The Balaban J connectivity index is 4.01. The lowest BCUT2D eigenvalue weighted by Crippen LogP contribution is -2.32. The van der Waals surface area contributed by atoms with Crippen LogP contribution in [0.4, 0.5) is 0 Å². The highest BCUT2D eigenvalue weighted by Gasteiger charge is 2.27.